The third-order valence-electron chi connectivity index (χ3n) is 4.33. The lowest BCUT2D eigenvalue weighted by atomic mass is 10.1. The number of carbonyl (C=O) groups is 3. The molecule has 3 rings (SSSR count). The number of rotatable bonds is 6. The van der Waals surface area contributed by atoms with Crippen molar-refractivity contribution in [1.82, 2.24) is 25.2 Å². The Labute approximate surface area is 222 Å². The molecule has 1 aromatic carbocycles. The van der Waals surface area contributed by atoms with Crippen LogP contribution in [0.4, 0.5) is 10.5 Å². The molecule has 10 nitrogen and oxygen atoms in total. The van der Waals surface area contributed by atoms with Gasteiger partial charge in [-0.3, -0.25) is 15.0 Å². The molecule has 3 amide bonds. The second-order valence-electron chi connectivity index (χ2n) is 6.65. The maximum absolute atomic E-state index is 13.2. The van der Waals surface area contributed by atoms with Gasteiger partial charge >= 0.3 is 6.09 Å². The molecule has 2 N–H and O–H groups in total. The van der Waals surface area contributed by atoms with Crippen LogP contribution in [0.3, 0.4) is 0 Å². The number of hydrazine groups is 1. The molecular weight excluding hydrogens is 587 g/mol. The summed E-state index contributed by atoms with van der Waals surface area (Å²) >= 11 is 21.9. The van der Waals surface area contributed by atoms with E-state index >= 15 is 0 Å². The monoisotopic (exact) mass is 600 g/mol. The number of pyridine rings is 1. The van der Waals surface area contributed by atoms with E-state index in [4.69, 9.17) is 34.8 Å². The van der Waals surface area contributed by atoms with E-state index in [1.54, 1.807) is 12.1 Å². The highest BCUT2D eigenvalue weighted by atomic mass is 79.9. The molecule has 0 aliphatic rings. The van der Waals surface area contributed by atoms with Crippen LogP contribution < -0.4 is 10.7 Å². The number of carbonyl (C=O) groups excluding carboxylic acids is 3. The molecule has 0 aliphatic carbocycles. The first-order chi connectivity index (χ1) is 16.7. The summed E-state index contributed by atoms with van der Waals surface area (Å²) in [6, 6.07) is 7.29. The minimum atomic E-state index is -0.835. The topological polar surface area (TPSA) is 118 Å². The number of aromatic nitrogens is 3. The van der Waals surface area contributed by atoms with E-state index in [-0.39, 0.29) is 44.4 Å². The standard InChI is InChI=1S/C21H16BrCl3N6O4/c1-3-7-30(21(34)35-2)29-19(32)12-8-11(23)9-14(25)17(12)27-20(33)15-10-16(22)28-31(15)18-13(24)5-4-6-26-18/h3-6,8-10H,1,7H2,2H3,(H,27,33)(H,29,32). The summed E-state index contributed by atoms with van der Waals surface area (Å²) in [6.07, 6.45) is 2.04. The molecule has 0 fully saturated rings. The van der Waals surface area contributed by atoms with Gasteiger partial charge in [0.25, 0.3) is 11.8 Å². The molecule has 0 saturated carbocycles. The van der Waals surface area contributed by atoms with E-state index in [0.29, 0.717) is 4.60 Å². The van der Waals surface area contributed by atoms with E-state index in [1.807, 2.05) is 0 Å². The van der Waals surface area contributed by atoms with Crippen LogP contribution >= 0.6 is 50.7 Å². The van der Waals surface area contributed by atoms with Crippen LogP contribution in [0.2, 0.25) is 15.1 Å². The Morgan fingerprint density at radius 1 is 1.20 bits per heavy atom. The molecule has 0 atom stereocenters. The van der Waals surface area contributed by atoms with Crippen LogP contribution in [0, 0.1) is 0 Å². The summed E-state index contributed by atoms with van der Waals surface area (Å²) in [5, 5.41) is 8.05. The zero-order valence-corrected chi connectivity index (χ0v) is 21.7. The van der Waals surface area contributed by atoms with Gasteiger partial charge in [-0.25, -0.2) is 19.5 Å². The number of methoxy groups -OCH3 is 1. The van der Waals surface area contributed by atoms with Crippen molar-refractivity contribution in [3.8, 4) is 5.82 Å². The number of nitrogens with zero attached hydrogens (tertiary/aromatic N) is 4. The van der Waals surface area contributed by atoms with Crippen molar-refractivity contribution in [1.29, 1.82) is 0 Å². The molecule has 0 unspecified atom stereocenters. The van der Waals surface area contributed by atoms with E-state index in [2.05, 4.69) is 48.1 Å². The van der Waals surface area contributed by atoms with Crippen LogP contribution in [-0.4, -0.2) is 51.3 Å². The number of anilines is 1. The third-order valence-corrected chi connectivity index (χ3v) is 5.53. The molecule has 182 valence electrons. The third kappa shape index (κ3) is 6.12. The number of benzene rings is 1. The second-order valence-corrected chi connectivity index (χ2v) is 8.71. The lowest BCUT2D eigenvalue weighted by Crippen LogP contribution is -2.46. The van der Waals surface area contributed by atoms with E-state index < -0.39 is 17.9 Å². The van der Waals surface area contributed by atoms with Crippen molar-refractivity contribution < 1.29 is 19.1 Å². The average molecular weight is 603 g/mol. The summed E-state index contributed by atoms with van der Waals surface area (Å²) in [7, 11) is 1.15. The van der Waals surface area contributed by atoms with Crippen molar-refractivity contribution in [2.45, 2.75) is 0 Å². The van der Waals surface area contributed by atoms with Gasteiger partial charge in [-0.1, -0.05) is 40.9 Å². The number of ether oxygens (including phenoxy) is 1. The lowest BCUT2D eigenvalue weighted by Gasteiger charge is -2.21. The van der Waals surface area contributed by atoms with Crippen molar-refractivity contribution in [2.24, 2.45) is 0 Å². The Hall–Kier alpha value is -3.12. The molecule has 2 heterocycles. The Morgan fingerprint density at radius 3 is 2.60 bits per heavy atom. The highest BCUT2D eigenvalue weighted by molar-refractivity contribution is 9.10. The number of nitrogens with one attached hydrogen (secondary N) is 2. The van der Waals surface area contributed by atoms with Gasteiger partial charge in [0.1, 0.15) is 10.3 Å². The van der Waals surface area contributed by atoms with Gasteiger partial charge in [-0.2, -0.15) is 5.10 Å². The zero-order chi connectivity index (χ0) is 25.7. The Morgan fingerprint density at radius 2 is 1.94 bits per heavy atom. The van der Waals surface area contributed by atoms with Crippen molar-refractivity contribution in [3.63, 3.8) is 0 Å². The molecule has 35 heavy (non-hydrogen) atoms. The number of hydrogen-bond acceptors (Lipinski definition) is 6. The van der Waals surface area contributed by atoms with Crippen LogP contribution in [0.15, 0.2) is 53.8 Å². The van der Waals surface area contributed by atoms with Crippen molar-refractivity contribution >= 4 is 74.3 Å². The smallest absolute Gasteiger partial charge is 0.428 e. The van der Waals surface area contributed by atoms with Crippen molar-refractivity contribution in [2.75, 3.05) is 19.0 Å². The van der Waals surface area contributed by atoms with Gasteiger partial charge in [0.2, 0.25) is 0 Å². The first kappa shape index (κ1) is 26.5. The van der Waals surface area contributed by atoms with Crippen LogP contribution in [0.25, 0.3) is 5.82 Å². The van der Waals surface area contributed by atoms with Gasteiger partial charge in [-0.15, -0.1) is 6.58 Å². The highest BCUT2D eigenvalue weighted by Crippen LogP contribution is 2.31. The van der Waals surface area contributed by atoms with Gasteiger partial charge in [0.05, 0.1) is 35.0 Å². The van der Waals surface area contributed by atoms with Crippen LogP contribution in [-0.2, 0) is 4.74 Å². The number of amides is 3. The van der Waals surface area contributed by atoms with Crippen molar-refractivity contribution in [3.05, 3.63) is 80.1 Å². The summed E-state index contributed by atoms with van der Waals surface area (Å²) in [4.78, 5) is 42.4. The highest BCUT2D eigenvalue weighted by Gasteiger charge is 2.25. The Kier molecular flexibility index (Phi) is 8.73. The van der Waals surface area contributed by atoms with E-state index in [1.165, 1.54) is 35.2 Å². The largest absolute Gasteiger partial charge is 0.452 e. The molecule has 0 aliphatic heterocycles. The summed E-state index contributed by atoms with van der Waals surface area (Å²) in [5.41, 5.74) is 2.24. The van der Waals surface area contributed by atoms with Crippen LogP contribution in [0.5, 0.6) is 0 Å². The maximum atomic E-state index is 13.2. The number of halogens is 4. The number of hydrogen-bond donors (Lipinski definition) is 2. The molecule has 3 aromatic rings. The normalized spacial score (nSPS) is 10.4. The fourth-order valence-corrected chi connectivity index (χ4v) is 3.97. The first-order valence-corrected chi connectivity index (χ1v) is 11.5. The van der Waals surface area contributed by atoms with Crippen LogP contribution in [0.1, 0.15) is 20.8 Å². The predicted octanol–water partition coefficient (Wildman–Crippen LogP) is 5.14. The minimum Gasteiger partial charge on any atom is -0.452 e. The Balaban J connectivity index is 1.98. The van der Waals surface area contributed by atoms with Gasteiger partial charge < -0.3 is 10.1 Å². The van der Waals surface area contributed by atoms with E-state index in [0.717, 1.165) is 12.1 Å². The summed E-state index contributed by atoms with van der Waals surface area (Å²) in [5.74, 6) is -1.26. The lowest BCUT2D eigenvalue weighted by molar-refractivity contribution is 0.0737. The molecule has 0 spiro atoms. The molecule has 14 heteroatoms. The molecular formula is C21H16BrCl3N6O4. The fourth-order valence-electron chi connectivity index (χ4n) is 2.85. The van der Waals surface area contributed by atoms with Gasteiger partial charge in [0, 0.05) is 17.3 Å². The molecule has 0 bridgehead atoms. The quantitative estimate of drug-likeness (QED) is 0.298. The SMILES string of the molecule is C=CCN(NC(=O)c1cc(Cl)cc(Cl)c1NC(=O)c1cc(Br)nn1-c1ncccc1Cl)C(=O)OC. The van der Waals surface area contributed by atoms with E-state index in [9.17, 15) is 14.4 Å². The predicted molar refractivity (Wildman–Crippen MR) is 135 cm³/mol. The molecule has 0 radical (unpaired) electrons. The fraction of sp³-hybridized carbons (Fsp3) is 0.0952. The van der Waals surface area contributed by atoms with Gasteiger partial charge in [0.15, 0.2) is 5.82 Å². The average Bonchev–Trinajstić information content (AvgIpc) is 3.21. The minimum absolute atomic E-state index is 0.0228. The zero-order valence-electron chi connectivity index (χ0n) is 17.9. The van der Waals surface area contributed by atoms with Gasteiger partial charge in [-0.05, 0) is 40.2 Å². The summed E-state index contributed by atoms with van der Waals surface area (Å²) in [6.45, 7) is 3.48. The second kappa shape index (κ2) is 11.5. The molecule has 2 aromatic heterocycles. The summed E-state index contributed by atoms with van der Waals surface area (Å²) < 4.78 is 6.21. The Bertz CT molecular complexity index is 1320. The molecule has 0 saturated heterocycles. The first-order valence-electron chi connectivity index (χ1n) is 9.60. The maximum Gasteiger partial charge on any atom is 0.428 e.